The number of para-hydroxylation sites is 2. The van der Waals surface area contributed by atoms with Crippen LogP contribution in [0.1, 0.15) is 47.7 Å². The molecule has 33 heavy (non-hydrogen) atoms. The maximum Gasteiger partial charge on any atom is 0.258 e. The van der Waals surface area contributed by atoms with Gasteiger partial charge in [0.25, 0.3) is 5.91 Å². The molecule has 0 aliphatic carbocycles. The lowest BCUT2D eigenvalue weighted by atomic mass is 9.84. The molecular formula is C28H30N2O3. The summed E-state index contributed by atoms with van der Waals surface area (Å²) in [5.74, 6) is 0.397. The monoisotopic (exact) mass is 442 g/mol. The Labute approximate surface area is 195 Å². The Kier molecular flexibility index (Phi) is 6.50. The fraction of sp³-hybridized carbons (Fsp3) is 0.286. The van der Waals surface area contributed by atoms with Crippen molar-refractivity contribution in [2.24, 2.45) is 0 Å². The van der Waals surface area contributed by atoms with Crippen LogP contribution in [0.4, 0.5) is 11.4 Å². The number of carbonyl (C=O) groups excluding carboxylic acids is 2. The molecule has 1 aliphatic rings. The Morgan fingerprint density at radius 2 is 1.67 bits per heavy atom. The van der Waals surface area contributed by atoms with E-state index < -0.39 is 0 Å². The molecule has 3 aromatic carbocycles. The Balaban J connectivity index is 1.70. The highest BCUT2D eigenvalue weighted by Gasteiger charge is 2.39. The van der Waals surface area contributed by atoms with Crippen LogP contribution in [0.2, 0.25) is 0 Å². The van der Waals surface area contributed by atoms with Gasteiger partial charge in [0.1, 0.15) is 5.75 Å². The third-order valence-corrected chi connectivity index (χ3v) is 6.43. The zero-order valence-corrected chi connectivity index (χ0v) is 19.6. The normalized spacial score (nSPS) is 17.3. The van der Waals surface area contributed by atoms with Crippen LogP contribution in [0.3, 0.4) is 0 Å². The van der Waals surface area contributed by atoms with E-state index in [1.54, 1.807) is 31.4 Å². The molecule has 5 heteroatoms. The highest BCUT2D eigenvalue weighted by atomic mass is 16.5. The number of hydrogen-bond acceptors (Lipinski definition) is 3. The first kappa shape index (κ1) is 22.6. The van der Waals surface area contributed by atoms with Gasteiger partial charge in [0, 0.05) is 29.5 Å². The molecule has 0 aromatic heterocycles. The Hall–Kier alpha value is -3.60. The first-order valence-electron chi connectivity index (χ1n) is 11.4. The number of likely N-dealkylation sites (N-methyl/N-ethyl adjacent to an activating group) is 1. The van der Waals surface area contributed by atoms with Crippen molar-refractivity contribution in [3.05, 3.63) is 89.5 Å². The summed E-state index contributed by atoms with van der Waals surface area (Å²) in [4.78, 5) is 31.0. The van der Waals surface area contributed by atoms with E-state index in [9.17, 15) is 9.59 Å². The number of methoxy groups -OCH3 is 1. The number of hydrogen-bond donors (Lipinski definition) is 0. The highest BCUT2D eigenvalue weighted by molar-refractivity contribution is 6.09. The molecular weight excluding hydrogens is 412 g/mol. The van der Waals surface area contributed by atoms with E-state index in [2.05, 4.69) is 0 Å². The molecule has 0 unspecified atom stereocenters. The number of amides is 2. The maximum absolute atomic E-state index is 13.8. The minimum Gasteiger partial charge on any atom is -0.497 e. The van der Waals surface area contributed by atoms with Crippen LogP contribution in [0.15, 0.2) is 72.8 Å². The molecule has 0 saturated carbocycles. The number of aryl methyl sites for hydroxylation is 1. The van der Waals surface area contributed by atoms with Crippen LogP contribution in [-0.2, 0) is 4.79 Å². The average Bonchev–Trinajstić information content (AvgIpc) is 2.84. The quantitative estimate of drug-likeness (QED) is 0.518. The minimum atomic E-state index is -0.310. The van der Waals surface area contributed by atoms with Crippen molar-refractivity contribution in [1.82, 2.24) is 0 Å². The number of nitrogens with zero attached hydrogens (tertiary/aromatic N) is 2. The predicted molar refractivity (Wildman–Crippen MR) is 132 cm³/mol. The molecule has 2 amide bonds. The van der Waals surface area contributed by atoms with Crippen molar-refractivity contribution in [2.45, 2.75) is 39.2 Å². The molecule has 0 bridgehead atoms. The van der Waals surface area contributed by atoms with Gasteiger partial charge >= 0.3 is 0 Å². The second kappa shape index (κ2) is 9.49. The molecule has 0 fully saturated rings. The molecule has 2 atom stereocenters. The lowest BCUT2D eigenvalue weighted by Gasteiger charge is -2.40. The van der Waals surface area contributed by atoms with E-state index in [1.165, 1.54) is 0 Å². The standard InChI is InChI=1S/C28H30N2O3/c1-5-29(25-12-8-6-10-19(25)2)28(32)24-18-20(3)30(26-13-9-7-11-23(24)26)27(31)21-14-16-22(33-4)17-15-21/h6-17,20,24H,5,18H2,1-4H3/t20-,24-/m0/s1. The zero-order valence-electron chi connectivity index (χ0n) is 19.6. The van der Waals surface area contributed by atoms with Crippen molar-refractivity contribution >= 4 is 23.2 Å². The van der Waals surface area contributed by atoms with Gasteiger partial charge in [-0.2, -0.15) is 0 Å². The van der Waals surface area contributed by atoms with Crippen molar-refractivity contribution in [1.29, 1.82) is 0 Å². The van der Waals surface area contributed by atoms with Crippen molar-refractivity contribution in [3.8, 4) is 5.75 Å². The topological polar surface area (TPSA) is 49.9 Å². The van der Waals surface area contributed by atoms with Gasteiger partial charge in [0.15, 0.2) is 0 Å². The number of anilines is 2. The number of ether oxygens (including phenoxy) is 1. The van der Waals surface area contributed by atoms with Crippen LogP contribution < -0.4 is 14.5 Å². The third kappa shape index (κ3) is 4.23. The van der Waals surface area contributed by atoms with Crippen LogP contribution in [-0.4, -0.2) is 31.5 Å². The van der Waals surface area contributed by atoms with Crippen LogP contribution >= 0.6 is 0 Å². The lowest BCUT2D eigenvalue weighted by molar-refractivity contribution is -0.120. The maximum atomic E-state index is 13.8. The SMILES string of the molecule is CCN(C(=O)[C@H]1C[C@H](C)N(C(=O)c2ccc(OC)cc2)c2ccccc21)c1ccccc1C. The summed E-state index contributed by atoms with van der Waals surface area (Å²) in [6.07, 6.45) is 0.570. The van der Waals surface area contributed by atoms with Crippen molar-refractivity contribution < 1.29 is 14.3 Å². The van der Waals surface area contributed by atoms with Gasteiger partial charge in [0.2, 0.25) is 5.91 Å². The van der Waals surface area contributed by atoms with E-state index in [-0.39, 0.29) is 23.8 Å². The summed E-state index contributed by atoms with van der Waals surface area (Å²) >= 11 is 0. The number of benzene rings is 3. The molecule has 3 aromatic rings. The second-order valence-corrected chi connectivity index (χ2v) is 8.47. The summed E-state index contributed by atoms with van der Waals surface area (Å²) in [6, 6.07) is 22.8. The highest BCUT2D eigenvalue weighted by Crippen LogP contribution is 2.41. The van der Waals surface area contributed by atoms with Gasteiger partial charge in [-0.15, -0.1) is 0 Å². The Bertz CT molecular complexity index is 1160. The predicted octanol–water partition coefficient (Wildman–Crippen LogP) is 5.58. The summed E-state index contributed by atoms with van der Waals surface area (Å²) < 4.78 is 5.22. The largest absolute Gasteiger partial charge is 0.497 e. The zero-order chi connectivity index (χ0) is 23.5. The van der Waals surface area contributed by atoms with Crippen molar-refractivity contribution in [2.75, 3.05) is 23.5 Å². The van der Waals surface area contributed by atoms with Crippen LogP contribution in [0.5, 0.6) is 5.75 Å². The Morgan fingerprint density at radius 3 is 2.33 bits per heavy atom. The first-order valence-corrected chi connectivity index (χ1v) is 11.4. The summed E-state index contributed by atoms with van der Waals surface area (Å²) in [6.45, 7) is 6.63. The molecule has 0 saturated heterocycles. The molecule has 1 heterocycles. The van der Waals surface area contributed by atoms with Gasteiger partial charge in [-0.25, -0.2) is 0 Å². The van der Waals surface area contributed by atoms with Gasteiger partial charge in [-0.1, -0.05) is 36.4 Å². The van der Waals surface area contributed by atoms with E-state index in [0.29, 0.717) is 24.3 Å². The third-order valence-electron chi connectivity index (χ3n) is 6.43. The van der Waals surface area contributed by atoms with E-state index in [1.807, 2.05) is 79.1 Å². The minimum absolute atomic E-state index is 0.0719. The van der Waals surface area contributed by atoms with Gasteiger partial charge < -0.3 is 14.5 Å². The number of rotatable bonds is 5. The summed E-state index contributed by atoms with van der Waals surface area (Å²) in [5, 5.41) is 0. The molecule has 5 nitrogen and oxygen atoms in total. The molecule has 0 spiro atoms. The van der Waals surface area contributed by atoms with E-state index >= 15 is 0 Å². The average molecular weight is 443 g/mol. The molecule has 4 rings (SSSR count). The summed E-state index contributed by atoms with van der Waals surface area (Å²) in [7, 11) is 1.60. The Morgan fingerprint density at radius 1 is 1.00 bits per heavy atom. The number of fused-ring (bicyclic) bond motifs is 1. The number of carbonyl (C=O) groups is 2. The molecule has 170 valence electrons. The van der Waals surface area contributed by atoms with Crippen LogP contribution in [0, 0.1) is 6.92 Å². The van der Waals surface area contributed by atoms with Gasteiger partial charge in [0.05, 0.1) is 13.0 Å². The molecule has 1 aliphatic heterocycles. The fourth-order valence-corrected chi connectivity index (χ4v) is 4.73. The van der Waals surface area contributed by atoms with Crippen LogP contribution in [0.25, 0.3) is 0 Å². The molecule has 0 N–H and O–H groups in total. The van der Waals surface area contributed by atoms with E-state index in [4.69, 9.17) is 4.74 Å². The first-order chi connectivity index (χ1) is 16.0. The van der Waals surface area contributed by atoms with Gasteiger partial charge in [-0.05, 0) is 74.7 Å². The summed E-state index contributed by atoms with van der Waals surface area (Å²) in [5.41, 5.74) is 4.30. The lowest BCUT2D eigenvalue weighted by Crippen LogP contribution is -2.47. The van der Waals surface area contributed by atoms with Crippen molar-refractivity contribution in [3.63, 3.8) is 0 Å². The van der Waals surface area contributed by atoms with E-state index in [0.717, 1.165) is 22.5 Å². The molecule has 0 radical (unpaired) electrons. The fourth-order valence-electron chi connectivity index (χ4n) is 4.73. The van der Waals surface area contributed by atoms with Gasteiger partial charge in [-0.3, -0.25) is 9.59 Å². The second-order valence-electron chi connectivity index (χ2n) is 8.47. The smallest absolute Gasteiger partial charge is 0.258 e.